The molecule has 0 unspecified atom stereocenters. The van der Waals surface area contributed by atoms with Crippen molar-refractivity contribution in [3.8, 4) is 5.75 Å². The summed E-state index contributed by atoms with van der Waals surface area (Å²) in [7, 11) is 0. The first-order chi connectivity index (χ1) is 7.59. The summed E-state index contributed by atoms with van der Waals surface area (Å²) in [5.41, 5.74) is 4.09. The highest BCUT2D eigenvalue weighted by atomic mass is 16.3. The number of aryl methyl sites for hydroxylation is 1. The number of allylic oxidation sites excluding steroid dienone is 1. The fourth-order valence-corrected chi connectivity index (χ4v) is 2.15. The molecule has 0 amide bonds. The Labute approximate surface area is 93.2 Å². The number of hydrogen-bond acceptors (Lipinski definition) is 3. The zero-order valence-electron chi connectivity index (χ0n) is 9.50. The second-order valence-electron chi connectivity index (χ2n) is 4.26. The molecule has 3 heteroatoms. The normalized spacial score (nSPS) is 17.2. The Kier molecular flexibility index (Phi) is 1.64. The quantitative estimate of drug-likeness (QED) is 0.689. The van der Waals surface area contributed by atoms with Crippen LogP contribution in [0.15, 0.2) is 33.4 Å². The van der Waals surface area contributed by atoms with Gasteiger partial charge in [-0.25, -0.2) is 9.98 Å². The molecule has 0 bridgehead atoms. The van der Waals surface area contributed by atoms with Crippen molar-refractivity contribution in [3.05, 3.63) is 39.5 Å². The smallest absolute Gasteiger partial charge is 0.161 e. The lowest BCUT2D eigenvalue weighted by Crippen LogP contribution is -2.24. The van der Waals surface area contributed by atoms with E-state index in [0.29, 0.717) is 5.36 Å². The number of benzene rings is 1. The van der Waals surface area contributed by atoms with Gasteiger partial charge in [0.05, 0.1) is 0 Å². The van der Waals surface area contributed by atoms with Crippen LogP contribution in [0.5, 0.6) is 5.75 Å². The van der Waals surface area contributed by atoms with Crippen molar-refractivity contribution in [1.29, 1.82) is 0 Å². The van der Waals surface area contributed by atoms with Crippen LogP contribution in [0.2, 0.25) is 0 Å². The van der Waals surface area contributed by atoms with Crippen LogP contribution in [0, 0.1) is 6.92 Å². The summed E-state index contributed by atoms with van der Waals surface area (Å²) in [5, 5.41) is 11.6. The number of rotatable bonds is 0. The van der Waals surface area contributed by atoms with Crippen LogP contribution in [-0.2, 0) is 0 Å². The van der Waals surface area contributed by atoms with Gasteiger partial charge in [-0.2, -0.15) is 0 Å². The van der Waals surface area contributed by atoms with Crippen LogP contribution in [0.1, 0.15) is 19.4 Å². The number of fused-ring (bicyclic) bond motifs is 2. The molecule has 2 aliphatic heterocycles. The third-order valence-electron chi connectivity index (χ3n) is 3.25. The second kappa shape index (κ2) is 2.82. The topological polar surface area (TPSA) is 45.0 Å². The lowest BCUT2D eigenvalue weighted by atomic mass is 10.0. The summed E-state index contributed by atoms with van der Waals surface area (Å²) in [6, 6.07) is 3.92. The number of phenols is 1. The maximum Gasteiger partial charge on any atom is 0.161 e. The van der Waals surface area contributed by atoms with Crippen LogP contribution in [0.3, 0.4) is 0 Å². The third-order valence-corrected chi connectivity index (χ3v) is 3.25. The maximum absolute atomic E-state index is 9.95. The monoisotopic (exact) mass is 212 g/mol. The van der Waals surface area contributed by atoms with Crippen LogP contribution < -0.4 is 10.6 Å². The number of nitrogens with zero attached hydrogens (tertiary/aromatic N) is 2. The minimum Gasteiger partial charge on any atom is -0.505 e. The minimum absolute atomic E-state index is 0.271. The van der Waals surface area contributed by atoms with Gasteiger partial charge in [-0.05, 0) is 31.9 Å². The highest BCUT2D eigenvalue weighted by molar-refractivity contribution is 6.26. The van der Waals surface area contributed by atoms with Gasteiger partial charge in [0.25, 0.3) is 0 Å². The van der Waals surface area contributed by atoms with Crippen molar-refractivity contribution in [2.75, 3.05) is 0 Å². The Morgan fingerprint density at radius 3 is 2.56 bits per heavy atom. The van der Waals surface area contributed by atoms with Crippen LogP contribution in [-0.4, -0.2) is 10.9 Å². The van der Waals surface area contributed by atoms with Crippen molar-refractivity contribution in [3.63, 3.8) is 0 Å². The van der Waals surface area contributed by atoms with Gasteiger partial charge in [0.2, 0.25) is 0 Å². The Balaban J connectivity index is 2.50. The third kappa shape index (κ3) is 0.975. The molecule has 3 rings (SSSR count). The Hall–Kier alpha value is -1.90. The number of aliphatic imine (C=N–C) groups is 1. The molecule has 1 aromatic rings. The summed E-state index contributed by atoms with van der Waals surface area (Å²) in [5.74, 6) is 1.01. The van der Waals surface area contributed by atoms with Gasteiger partial charge in [-0.3, -0.25) is 0 Å². The molecule has 3 nitrogen and oxygen atoms in total. The van der Waals surface area contributed by atoms with E-state index in [1.54, 1.807) is 0 Å². The first-order valence-electron chi connectivity index (χ1n) is 5.28. The molecule has 1 N–H and O–H groups in total. The predicted octanol–water partition coefficient (Wildman–Crippen LogP) is 1.19. The number of hydrogen-bond donors (Lipinski definition) is 1. The van der Waals surface area contributed by atoms with E-state index in [9.17, 15) is 5.11 Å². The first-order valence-corrected chi connectivity index (χ1v) is 5.28. The summed E-state index contributed by atoms with van der Waals surface area (Å²) < 4.78 is 0. The lowest BCUT2D eigenvalue weighted by molar-refractivity contribution is 0.464. The fraction of sp³-hybridized carbons (Fsp3) is 0.231. The maximum atomic E-state index is 9.95. The van der Waals surface area contributed by atoms with Gasteiger partial charge in [0.1, 0.15) is 11.1 Å². The molecule has 0 aromatic heterocycles. The van der Waals surface area contributed by atoms with Crippen molar-refractivity contribution < 1.29 is 5.11 Å². The Morgan fingerprint density at radius 2 is 1.81 bits per heavy atom. The molecular formula is C13H12N2O. The molecule has 0 aliphatic carbocycles. The van der Waals surface area contributed by atoms with Gasteiger partial charge in [-0.15, -0.1) is 0 Å². The molecule has 1 aromatic carbocycles. The van der Waals surface area contributed by atoms with Gasteiger partial charge in [-0.1, -0.05) is 12.1 Å². The molecule has 0 spiro atoms. The average Bonchev–Trinajstić information content (AvgIpc) is 2.73. The average molecular weight is 212 g/mol. The Morgan fingerprint density at radius 1 is 1.06 bits per heavy atom. The molecular weight excluding hydrogens is 200 g/mol. The van der Waals surface area contributed by atoms with E-state index < -0.39 is 0 Å². The second-order valence-corrected chi connectivity index (χ2v) is 4.26. The zero-order valence-corrected chi connectivity index (χ0v) is 9.50. The summed E-state index contributed by atoms with van der Waals surface area (Å²) in [6.45, 7) is 5.90. The van der Waals surface area contributed by atoms with Crippen LogP contribution >= 0.6 is 0 Å². The van der Waals surface area contributed by atoms with E-state index in [-0.39, 0.29) is 5.75 Å². The summed E-state index contributed by atoms with van der Waals surface area (Å²) >= 11 is 0. The number of phenolic OH excluding ortho intramolecular Hbond substituents is 1. The number of amidine groups is 1. The van der Waals surface area contributed by atoms with Gasteiger partial charge in [0, 0.05) is 16.5 Å². The largest absolute Gasteiger partial charge is 0.505 e. The molecule has 0 saturated heterocycles. The Bertz CT molecular complexity index is 693. The number of aromatic hydroxyl groups is 1. The van der Waals surface area contributed by atoms with E-state index >= 15 is 0 Å². The van der Waals surface area contributed by atoms with E-state index in [1.165, 1.54) is 0 Å². The highest BCUT2D eigenvalue weighted by Gasteiger charge is 2.24. The lowest BCUT2D eigenvalue weighted by Gasteiger charge is -1.98. The van der Waals surface area contributed by atoms with E-state index in [2.05, 4.69) is 9.98 Å². The van der Waals surface area contributed by atoms with E-state index in [0.717, 1.165) is 33.5 Å². The molecule has 2 aliphatic rings. The SMILES string of the molecule is CC1=C(C)C2=c3ccc(C)c(O)c3=NC2=N1. The molecule has 2 heterocycles. The predicted molar refractivity (Wildman–Crippen MR) is 62.8 cm³/mol. The van der Waals surface area contributed by atoms with Crippen molar-refractivity contribution in [2.24, 2.45) is 9.98 Å². The fourth-order valence-electron chi connectivity index (χ4n) is 2.15. The molecule has 0 atom stereocenters. The highest BCUT2D eigenvalue weighted by Crippen LogP contribution is 2.27. The summed E-state index contributed by atoms with van der Waals surface area (Å²) in [4.78, 5) is 8.79. The first kappa shape index (κ1) is 9.33. The van der Waals surface area contributed by atoms with E-state index in [4.69, 9.17) is 0 Å². The van der Waals surface area contributed by atoms with Crippen LogP contribution in [0.25, 0.3) is 5.57 Å². The van der Waals surface area contributed by atoms with Gasteiger partial charge in [0.15, 0.2) is 5.84 Å². The summed E-state index contributed by atoms with van der Waals surface area (Å²) in [6.07, 6.45) is 0. The van der Waals surface area contributed by atoms with Crippen molar-refractivity contribution >= 4 is 11.4 Å². The standard InChI is InChI=1S/C13H12N2O/c1-6-4-5-9-10-7(2)8(3)14-13(10)15-11(9)12(6)16/h4-5,16H,1-3H3. The van der Waals surface area contributed by atoms with E-state index in [1.807, 2.05) is 32.9 Å². The van der Waals surface area contributed by atoms with Crippen LogP contribution in [0.4, 0.5) is 0 Å². The van der Waals surface area contributed by atoms with Crippen molar-refractivity contribution in [1.82, 2.24) is 0 Å². The van der Waals surface area contributed by atoms with Crippen molar-refractivity contribution in [2.45, 2.75) is 20.8 Å². The molecule has 0 fully saturated rings. The molecule has 16 heavy (non-hydrogen) atoms. The minimum atomic E-state index is 0.271. The molecule has 80 valence electrons. The zero-order chi connectivity index (χ0) is 11.4. The van der Waals surface area contributed by atoms with Gasteiger partial charge < -0.3 is 5.11 Å². The molecule has 0 radical (unpaired) electrons. The van der Waals surface area contributed by atoms with Gasteiger partial charge >= 0.3 is 0 Å². The molecule has 0 saturated carbocycles.